The van der Waals surface area contributed by atoms with Crippen LogP contribution in [0.2, 0.25) is 0 Å². The molecule has 0 amide bonds. The molecule has 1 aromatic heterocycles. The molecule has 5 nitrogen and oxygen atoms in total. The van der Waals surface area contributed by atoms with E-state index in [1.54, 1.807) is 29.1 Å². The van der Waals surface area contributed by atoms with Crippen molar-refractivity contribution in [2.45, 2.75) is 12.6 Å². The highest BCUT2D eigenvalue weighted by Crippen LogP contribution is 2.45. The van der Waals surface area contributed by atoms with Crippen molar-refractivity contribution in [1.82, 2.24) is 4.98 Å². The average Bonchev–Trinajstić information content (AvgIpc) is 3.74. The Labute approximate surface area is 410 Å². The Morgan fingerprint density at radius 2 is 0.724 bits per heavy atom. The second kappa shape index (κ2) is 20.3. The number of aromatic nitrogens is 2. The average molecular weight is 1090 g/mol. The van der Waals surface area contributed by atoms with E-state index < -0.39 is 156 Å². The van der Waals surface area contributed by atoms with Gasteiger partial charge in [-0.15, -0.1) is 21.9 Å². The first-order chi connectivity index (χ1) is 35.9. The number of carbonyl (C=O) groups is 2. The van der Waals surface area contributed by atoms with Crippen LogP contribution in [0, 0.1) is 116 Å². The van der Waals surface area contributed by atoms with Crippen molar-refractivity contribution in [2.75, 3.05) is 0 Å². The summed E-state index contributed by atoms with van der Waals surface area (Å²) in [5.41, 5.74) is -9.48. The molecule has 26 heteroatoms. The molecule has 0 radical (unpaired) electrons. The quantitative estimate of drug-likeness (QED) is 0.0275. The zero-order valence-corrected chi connectivity index (χ0v) is 36.8. The summed E-state index contributed by atoms with van der Waals surface area (Å²) in [6, 6.07) is 24.8. The fourth-order valence-corrected chi connectivity index (χ4v) is 8.84. The molecule has 1 aliphatic rings. The van der Waals surface area contributed by atoms with Crippen LogP contribution >= 0.6 is 0 Å². The number of benzene rings is 7. The van der Waals surface area contributed by atoms with E-state index in [0.29, 0.717) is 5.56 Å². The van der Waals surface area contributed by atoms with Crippen molar-refractivity contribution in [2.24, 2.45) is 0 Å². The van der Waals surface area contributed by atoms with Gasteiger partial charge < -0.3 is 4.74 Å². The molecule has 0 saturated heterocycles. The molecule has 76 heavy (non-hydrogen) atoms. The van der Waals surface area contributed by atoms with E-state index in [-0.39, 0.29) is 18.0 Å². The predicted octanol–water partition coefficient (Wildman–Crippen LogP) is 10.0. The third kappa shape index (κ3) is 8.34. The van der Waals surface area contributed by atoms with E-state index in [1.165, 1.54) is 6.20 Å². The van der Waals surface area contributed by atoms with E-state index in [0.717, 1.165) is 22.3 Å². The molecular formula is C50H19BF20N2O3. The normalized spacial score (nSPS) is 12.1. The van der Waals surface area contributed by atoms with Crippen molar-refractivity contribution in [3.63, 3.8) is 0 Å². The molecule has 7 aromatic carbocycles. The second-order valence-corrected chi connectivity index (χ2v) is 16.1. The van der Waals surface area contributed by atoms with Gasteiger partial charge in [-0.3, -0.25) is 9.78 Å². The molecule has 0 atom stereocenters. The van der Waals surface area contributed by atoms with Crippen LogP contribution in [-0.4, -0.2) is 22.9 Å². The summed E-state index contributed by atoms with van der Waals surface area (Å²) in [7, 11) is 0. The molecule has 0 N–H and O–H groups in total. The molecule has 1 aliphatic carbocycles. The van der Waals surface area contributed by atoms with E-state index in [1.807, 2.05) is 66.7 Å². The number of ether oxygens (including phenoxy) is 1. The Morgan fingerprint density at radius 3 is 1.07 bits per heavy atom. The molecule has 8 aromatic rings. The molecule has 0 bridgehead atoms. The van der Waals surface area contributed by atoms with E-state index in [2.05, 4.69) is 4.98 Å². The summed E-state index contributed by atoms with van der Waals surface area (Å²) >= 11 is 0. The first-order valence-corrected chi connectivity index (χ1v) is 21.0. The highest BCUT2D eigenvalue weighted by molar-refractivity contribution is 7.20. The van der Waals surface area contributed by atoms with Gasteiger partial charge in [0.05, 0.1) is 6.20 Å². The molecule has 0 saturated carbocycles. The lowest BCUT2D eigenvalue weighted by Gasteiger charge is -2.44. The molecule has 9 rings (SSSR count). The Bertz CT molecular complexity index is 3310. The topological polar surface area (TPSA) is 60.1 Å². The molecule has 0 aliphatic heterocycles. The lowest BCUT2D eigenvalue weighted by Crippen LogP contribution is -2.81. The number of carbonyl (C=O) groups excluding carboxylic acids is 2. The third-order valence-corrected chi connectivity index (χ3v) is 12.2. The van der Waals surface area contributed by atoms with Crippen molar-refractivity contribution in [3.05, 3.63) is 236 Å². The maximum atomic E-state index is 15.4. The number of halogens is 20. The summed E-state index contributed by atoms with van der Waals surface area (Å²) in [5, 5.41) is 0. The highest BCUT2D eigenvalue weighted by atomic mass is 19.2. The van der Waals surface area contributed by atoms with Crippen LogP contribution in [0.15, 0.2) is 97.5 Å². The van der Waals surface area contributed by atoms with Crippen LogP contribution in [0.4, 0.5) is 87.8 Å². The second-order valence-electron chi connectivity index (χ2n) is 16.1. The van der Waals surface area contributed by atoms with Crippen LogP contribution in [0.3, 0.4) is 0 Å². The minimum Gasteiger partial charge on any atom is -0.444 e. The Hall–Kier alpha value is -8.58. The molecule has 0 spiro atoms. The number of rotatable bonds is 9. The molecule has 0 unspecified atom stereocenters. The maximum Gasteiger partial charge on any atom is 0.406 e. The van der Waals surface area contributed by atoms with Gasteiger partial charge in [0.15, 0.2) is 82.1 Å². The fourth-order valence-electron chi connectivity index (χ4n) is 8.84. The van der Waals surface area contributed by atoms with Gasteiger partial charge in [0.2, 0.25) is 12.3 Å². The van der Waals surface area contributed by atoms with E-state index >= 15 is 35.1 Å². The van der Waals surface area contributed by atoms with Crippen LogP contribution in [0.5, 0.6) is 0 Å². The summed E-state index contributed by atoms with van der Waals surface area (Å²) in [6.07, 6.45) is -3.11. The monoisotopic (exact) mass is 1090 g/mol. The molecular weight excluding hydrogens is 1070 g/mol. The lowest BCUT2D eigenvalue weighted by molar-refractivity contribution is -0.686. The van der Waals surface area contributed by atoms with Crippen molar-refractivity contribution < 1.29 is 107 Å². The number of hydrogen-bond donors (Lipinski definition) is 0. The van der Waals surface area contributed by atoms with Crippen molar-refractivity contribution in [1.29, 1.82) is 0 Å². The number of fused-ring (bicyclic) bond motifs is 3. The van der Waals surface area contributed by atoms with Gasteiger partial charge >= 0.3 is 11.7 Å². The van der Waals surface area contributed by atoms with Gasteiger partial charge in [-0.25, -0.2) is 92.6 Å². The first kappa shape index (κ1) is 53.7. The summed E-state index contributed by atoms with van der Waals surface area (Å²) in [5.74, 6) is -72.0. The third-order valence-electron chi connectivity index (χ3n) is 12.2. The summed E-state index contributed by atoms with van der Waals surface area (Å²) < 4.78 is 301. The lowest BCUT2D eigenvalue weighted by atomic mass is 9.12. The van der Waals surface area contributed by atoms with Gasteiger partial charge in [0.1, 0.15) is 58.9 Å². The number of hydrogen-bond acceptors (Lipinski definition) is 4. The first-order valence-electron chi connectivity index (χ1n) is 21.0. The van der Waals surface area contributed by atoms with Crippen LogP contribution in [0.1, 0.15) is 38.1 Å². The molecule has 1 heterocycles. The summed E-state index contributed by atoms with van der Waals surface area (Å²) in [6.45, 7) is 0.0226. The van der Waals surface area contributed by atoms with E-state index in [9.17, 15) is 62.3 Å². The number of nitrogens with zero attached hydrogens (tertiary/aromatic N) is 2. The minimum absolute atomic E-state index is 0.0226. The van der Waals surface area contributed by atoms with Gasteiger partial charge in [-0.2, -0.15) is 4.57 Å². The molecule has 390 valence electrons. The van der Waals surface area contributed by atoms with Crippen LogP contribution < -0.4 is 26.4 Å². The standard InChI is InChI=1S/C26H19N2O3.C24BF20/c29-24(18-8-2-1-3-9-18)17-28-15-14-27-16-23(28)26(30)31-25-21-12-6-4-10-19(21)20-11-5-7-13-22(20)25;26-5-1(6(27)14(35)21(42)13(5)34)25(2-7(28)15(36)22(43)16(37)8(2)29,3-9(30)17(38)23(44)18(39)10(3)31)4-11(32)19(40)24(45)20(41)12(4)33/h1-16,25H,17H2;/q+1;-1. The van der Waals surface area contributed by atoms with Crippen molar-refractivity contribution in [3.8, 4) is 11.1 Å². The maximum absolute atomic E-state index is 15.4. The fraction of sp³-hybridized carbons (Fsp3) is 0.0400. The zero-order valence-electron chi connectivity index (χ0n) is 36.8. The summed E-state index contributed by atoms with van der Waals surface area (Å²) in [4.78, 5) is 29.9. The molecule has 0 fully saturated rings. The number of ketones is 1. The van der Waals surface area contributed by atoms with Gasteiger partial charge in [-0.1, -0.05) is 78.9 Å². The van der Waals surface area contributed by atoms with Gasteiger partial charge in [0, 0.05) is 16.7 Å². The Balaban J connectivity index is 0.000000215. The zero-order chi connectivity index (χ0) is 55.6. The largest absolute Gasteiger partial charge is 0.444 e. The predicted molar refractivity (Wildman–Crippen MR) is 224 cm³/mol. The van der Waals surface area contributed by atoms with Crippen LogP contribution in [-0.2, 0) is 11.3 Å². The van der Waals surface area contributed by atoms with E-state index in [4.69, 9.17) is 4.74 Å². The van der Waals surface area contributed by atoms with Gasteiger partial charge in [-0.05, 0) is 11.1 Å². The smallest absolute Gasteiger partial charge is 0.406 e. The number of Topliss-reactive ketones (excluding diaryl/α,β-unsaturated/α-hetero) is 1. The van der Waals surface area contributed by atoms with Crippen molar-refractivity contribution >= 4 is 39.7 Å². The van der Waals surface area contributed by atoms with Gasteiger partial charge in [0.25, 0.3) is 0 Å². The Morgan fingerprint density at radius 1 is 0.421 bits per heavy atom. The number of esters is 1. The SMILES string of the molecule is Fc1c(F)c(F)c([B-](c2c(F)c(F)c(F)c(F)c2F)(c2c(F)c(F)c(F)c(F)c2F)c2c(F)c(F)c(F)c(F)c2F)c(F)c1F.O=C(C[n+]1ccncc1C(=O)OC1c2ccccc2-c2ccccc21)c1ccccc1. The minimum atomic E-state index is -7.22. The highest BCUT2D eigenvalue weighted by Gasteiger charge is 2.52. The Kier molecular flexibility index (Phi) is 14.3. The van der Waals surface area contributed by atoms with Crippen LogP contribution in [0.25, 0.3) is 11.1 Å².